The number of nitrogens with two attached hydrogens (primary N) is 2. The van der Waals surface area contributed by atoms with E-state index < -0.39 is 141 Å². The Bertz CT molecular complexity index is 1710. The number of nitrogens with one attached hydrogen (secondary N) is 2. The van der Waals surface area contributed by atoms with Gasteiger partial charge in [0.25, 0.3) is 0 Å². The predicted octanol–water partition coefficient (Wildman–Crippen LogP) is 5.88. The van der Waals surface area contributed by atoms with Gasteiger partial charge in [-0.15, -0.1) is 0 Å². The van der Waals surface area contributed by atoms with Crippen LogP contribution in [0.15, 0.2) is 0 Å². The van der Waals surface area contributed by atoms with Crippen molar-refractivity contribution < 1.29 is 78.0 Å². The third-order valence-corrected chi connectivity index (χ3v) is 14.6. The zero-order chi connectivity index (χ0) is 58.5. The van der Waals surface area contributed by atoms with Gasteiger partial charge in [0.2, 0.25) is 23.6 Å². The Kier molecular flexibility index (Phi) is 38.7. The molecule has 11 atom stereocenters. The van der Waals surface area contributed by atoms with E-state index in [1.165, 1.54) is 117 Å². The number of carboxylic acids is 1. The minimum absolute atomic E-state index is 0.00392. The quantitative estimate of drug-likeness (QED) is 0.0254. The molecule has 0 aromatic carbocycles. The highest BCUT2D eigenvalue weighted by atomic mass is 16.6. The van der Waals surface area contributed by atoms with E-state index in [0.717, 1.165) is 69.6 Å². The van der Waals surface area contributed by atoms with Crippen molar-refractivity contribution in [3.63, 3.8) is 0 Å². The maximum absolute atomic E-state index is 14.2. The fourth-order valence-corrected chi connectivity index (χ4v) is 9.75. The van der Waals surface area contributed by atoms with Gasteiger partial charge in [0, 0.05) is 32.7 Å². The molecule has 2 unspecified atom stereocenters. The van der Waals surface area contributed by atoms with E-state index in [2.05, 4.69) is 24.5 Å². The molecule has 0 saturated carbocycles. The Morgan fingerprint density at radius 1 is 0.679 bits per heavy atom. The minimum Gasteiger partial charge on any atom is -0.480 e. The van der Waals surface area contributed by atoms with Gasteiger partial charge in [-0.05, 0) is 40.0 Å². The Morgan fingerprint density at radius 2 is 1.12 bits per heavy atom. The number of aliphatic hydroxyl groups is 4. The maximum atomic E-state index is 14.2. The first-order valence-corrected chi connectivity index (χ1v) is 29.6. The number of aliphatic carboxylic acids is 1. The molecule has 4 amide bonds. The Balaban J connectivity index is 3.12. The lowest BCUT2D eigenvalue weighted by atomic mass is 9.89. The van der Waals surface area contributed by atoms with Crippen LogP contribution in [0.3, 0.4) is 0 Å². The zero-order valence-electron chi connectivity index (χ0n) is 48.4. The third-order valence-electron chi connectivity index (χ3n) is 14.6. The van der Waals surface area contributed by atoms with Crippen LogP contribution in [0.4, 0.5) is 0 Å². The zero-order valence-corrected chi connectivity index (χ0v) is 48.4. The summed E-state index contributed by atoms with van der Waals surface area (Å²) in [5, 5.41) is 56.6. The van der Waals surface area contributed by atoms with E-state index in [4.69, 9.17) is 30.4 Å². The maximum Gasteiger partial charge on any atom is 0.326 e. The summed E-state index contributed by atoms with van der Waals surface area (Å²) in [6.07, 6.45) is 17.1. The van der Waals surface area contributed by atoms with Crippen LogP contribution in [-0.4, -0.2) is 158 Å². The number of carbonyl (C=O) groups excluding carboxylic acids is 6. The van der Waals surface area contributed by atoms with Crippen LogP contribution in [0.5, 0.6) is 0 Å². The molecular formula is C57H105N5O16. The van der Waals surface area contributed by atoms with Crippen molar-refractivity contribution in [3.05, 3.63) is 0 Å². The first kappa shape index (κ1) is 72.0. The number of hydrogen-bond acceptors (Lipinski definition) is 16. The van der Waals surface area contributed by atoms with Gasteiger partial charge >= 0.3 is 17.9 Å². The number of aliphatic hydroxyl groups excluding tert-OH is 4. The number of carboxylic acid groups (broad SMARTS) is 1. The van der Waals surface area contributed by atoms with Gasteiger partial charge in [-0.3, -0.25) is 28.8 Å². The third kappa shape index (κ3) is 29.5. The lowest BCUT2D eigenvalue weighted by Gasteiger charge is -2.43. The average Bonchev–Trinajstić information content (AvgIpc) is 3.39. The summed E-state index contributed by atoms with van der Waals surface area (Å²) in [6, 6.07) is -4.39. The van der Waals surface area contributed by atoms with Crippen molar-refractivity contribution >= 4 is 41.5 Å². The fraction of sp³-hybridized carbons (Fsp3) is 0.877. The molecule has 11 N–H and O–H groups in total. The Morgan fingerprint density at radius 3 is 1.51 bits per heavy atom. The molecule has 0 aliphatic carbocycles. The fourth-order valence-electron chi connectivity index (χ4n) is 9.75. The monoisotopic (exact) mass is 1120 g/mol. The molecule has 454 valence electrons. The molecule has 0 aromatic heterocycles. The second-order valence-corrected chi connectivity index (χ2v) is 21.8. The second kappa shape index (κ2) is 41.9. The van der Waals surface area contributed by atoms with Gasteiger partial charge in [-0.2, -0.15) is 0 Å². The van der Waals surface area contributed by atoms with E-state index in [1.807, 2.05) is 0 Å². The van der Waals surface area contributed by atoms with Crippen molar-refractivity contribution in [1.82, 2.24) is 15.5 Å². The topological polar surface area (TPSA) is 337 Å². The first-order valence-electron chi connectivity index (χ1n) is 29.6. The van der Waals surface area contributed by atoms with E-state index in [9.17, 15) is 59.1 Å². The lowest BCUT2D eigenvalue weighted by molar-refractivity contribution is -0.268. The second-order valence-electron chi connectivity index (χ2n) is 21.8. The van der Waals surface area contributed by atoms with Crippen molar-refractivity contribution in [3.8, 4) is 0 Å². The molecule has 21 heteroatoms. The summed E-state index contributed by atoms with van der Waals surface area (Å²) >= 11 is 0. The molecule has 1 aliphatic heterocycles. The first-order chi connectivity index (χ1) is 37.2. The van der Waals surface area contributed by atoms with E-state index >= 15 is 0 Å². The van der Waals surface area contributed by atoms with Crippen LogP contribution >= 0.6 is 0 Å². The van der Waals surface area contributed by atoms with E-state index in [0.29, 0.717) is 12.8 Å². The highest BCUT2D eigenvalue weighted by molar-refractivity contribution is 5.92. The van der Waals surface area contributed by atoms with Crippen molar-refractivity contribution in [2.45, 2.75) is 301 Å². The van der Waals surface area contributed by atoms with Crippen LogP contribution in [0, 0.1) is 0 Å². The van der Waals surface area contributed by atoms with Crippen molar-refractivity contribution in [2.75, 3.05) is 19.8 Å². The molecule has 1 fully saturated rings. The molecule has 1 heterocycles. The number of unbranched alkanes of at least 4 members (excludes halogenated alkanes) is 24. The number of ether oxygens (including phenoxy) is 4. The van der Waals surface area contributed by atoms with Gasteiger partial charge in [-0.1, -0.05) is 168 Å². The van der Waals surface area contributed by atoms with Crippen molar-refractivity contribution in [1.29, 1.82) is 0 Å². The minimum atomic E-state index is -2.27. The molecular weight excluding hydrogens is 1010 g/mol. The molecule has 1 rings (SSSR count). The van der Waals surface area contributed by atoms with Crippen LogP contribution in [0.1, 0.15) is 234 Å². The highest BCUT2D eigenvalue weighted by Crippen LogP contribution is 2.26. The van der Waals surface area contributed by atoms with Gasteiger partial charge in [0.15, 0.2) is 18.5 Å². The van der Waals surface area contributed by atoms with Gasteiger partial charge in [0.05, 0.1) is 19.3 Å². The number of nitrogens with zero attached hydrogens (tertiary/aromatic N) is 1. The normalized spacial score (nSPS) is 20.1. The molecule has 0 bridgehead atoms. The summed E-state index contributed by atoms with van der Waals surface area (Å²) in [5.74, 6) is -6.49. The standard InChI is InChI=1S/C57H105N5O16/c1-7-9-11-13-15-17-19-21-23-25-27-29-31-33-47(67)76-45(39-64)52(78-48(68)34-32-30-28-26-24-22-20-18-16-14-12-10-8-2)57(6,59)56(74)61-43(53(58)70)35-36-46(66)62(41(4)54(71)72)37-40(3)75-51-49(60-42(5)65)55(73)77-44(38-63)50(51)69/h40-41,43-45,49-52,55,63-64,69,73H,7-39,59H2,1-6H3,(H2,58,70)(H,60,65)(H,61,74)(H,71,72)/t40?,41-,43+,44+,45-,49+,50+,51+,52?,55-,57+/m0/s1. The molecule has 0 radical (unpaired) electrons. The smallest absolute Gasteiger partial charge is 0.326 e. The van der Waals surface area contributed by atoms with Crippen LogP contribution in [0.25, 0.3) is 0 Å². The molecule has 1 aliphatic rings. The average molecular weight is 1120 g/mol. The molecule has 78 heavy (non-hydrogen) atoms. The van der Waals surface area contributed by atoms with Crippen LogP contribution in [-0.2, 0) is 52.5 Å². The molecule has 1 saturated heterocycles. The van der Waals surface area contributed by atoms with Crippen LogP contribution in [0.2, 0.25) is 0 Å². The summed E-state index contributed by atoms with van der Waals surface area (Å²) in [7, 11) is 0. The number of esters is 2. The van der Waals surface area contributed by atoms with Gasteiger partial charge < -0.3 is 71.5 Å². The van der Waals surface area contributed by atoms with Crippen LogP contribution < -0.4 is 22.1 Å². The summed E-state index contributed by atoms with van der Waals surface area (Å²) in [5.41, 5.74) is 10.1. The number of amides is 4. The van der Waals surface area contributed by atoms with Gasteiger partial charge in [0.1, 0.15) is 42.0 Å². The summed E-state index contributed by atoms with van der Waals surface area (Å²) in [6.45, 7) is 7.40. The van der Waals surface area contributed by atoms with Gasteiger partial charge in [-0.25, -0.2) is 4.79 Å². The number of primary amides is 1. The Hall–Kier alpha value is -3.99. The Labute approximate surface area is 465 Å². The lowest BCUT2D eigenvalue weighted by Crippen LogP contribution is -2.66. The summed E-state index contributed by atoms with van der Waals surface area (Å²) in [4.78, 5) is 92.7. The largest absolute Gasteiger partial charge is 0.480 e. The SMILES string of the molecule is CCCCCCCCCCCCCCCC(=O)OC([C@H](CO)OC(=O)CCCCCCCCCCCCCCC)[C@@](C)(N)C(=O)N[C@H](CCC(=O)N(CC(C)O[C@H]1[C@H](O)[C@@H](CO)O[C@H](O)[C@@H]1NC(C)=O)[C@@H](C)C(=O)O)C(N)=O. The van der Waals surface area contributed by atoms with E-state index in [-0.39, 0.29) is 12.8 Å². The highest BCUT2D eigenvalue weighted by Gasteiger charge is 2.49. The number of carbonyl (C=O) groups is 7. The van der Waals surface area contributed by atoms with E-state index in [1.54, 1.807) is 0 Å². The number of rotatable bonds is 47. The number of hydrogen-bond donors (Lipinski definition) is 9. The van der Waals surface area contributed by atoms with Crippen molar-refractivity contribution in [2.24, 2.45) is 11.5 Å². The molecule has 21 nitrogen and oxygen atoms in total. The summed E-state index contributed by atoms with van der Waals surface area (Å²) < 4.78 is 22.7. The molecule has 0 aromatic rings. The molecule has 0 spiro atoms. The predicted molar refractivity (Wildman–Crippen MR) is 295 cm³/mol.